The van der Waals surface area contributed by atoms with Crippen molar-refractivity contribution >= 4 is 16.8 Å². The van der Waals surface area contributed by atoms with Crippen molar-refractivity contribution in [1.29, 1.82) is 0 Å². The number of H-pyrrole nitrogens is 2. The summed E-state index contributed by atoms with van der Waals surface area (Å²) in [5.41, 5.74) is 1.77. The first-order chi connectivity index (χ1) is 8.22. The van der Waals surface area contributed by atoms with Crippen LogP contribution in [0.3, 0.4) is 0 Å². The molecule has 1 heterocycles. The average molecular weight is 231 g/mol. The summed E-state index contributed by atoms with van der Waals surface area (Å²) in [4.78, 5) is 28.2. The Labute approximate surface area is 97.2 Å². The van der Waals surface area contributed by atoms with Crippen LogP contribution in [0.2, 0.25) is 0 Å². The molecule has 0 aliphatic heterocycles. The molecule has 2 aromatic rings. The first-order valence-corrected chi connectivity index (χ1v) is 5.71. The number of nitrogens with one attached hydrogen (secondary N) is 3. The Morgan fingerprint density at radius 1 is 1.29 bits per heavy atom. The van der Waals surface area contributed by atoms with Crippen molar-refractivity contribution in [2.75, 3.05) is 6.54 Å². The predicted molar refractivity (Wildman–Crippen MR) is 64.3 cm³/mol. The Hall–Kier alpha value is -1.88. The van der Waals surface area contributed by atoms with E-state index in [9.17, 15) is 9.59 Å². The Balaban J connectivity index is 1.83. The van der Waals surface area contributed by atoms with E-state index in [-0.39, 0.29) is 11.5 Å². The van der Waals surface area contributed by atoms with Crippen LogP contribution < -0.4 is 11.0 Å². The van der Waals surface area contributed by atoms with Gasteiger partial charge in [0.15, 0.2) is 5.78 Å². The molecule has 0 unspecified atom stereocenters. The van der Waals surface area contributed by atoms with Crippen LogP contribution in [0.25, 0.3) is 11.0 Å². The van der Waals surface area contributed by atoms with Gasteiger partial charge >= 0.3 is 5.69 Å². The molecule has 0 bridgehead atoms. The normalized spacial score (nSPS) is 15.3. The van der Waals surface area contributed by atoms with E-state index in [2.05, 4.69) is 15.3 Å². The van der Waals surface area contributed by atoms with Gasteiger partial charge in [0.05, 0.1) is 17.6 Å². The van der Waals surface area contributed by atoms with Gasteiger partial charge in [0.2, 0.25) is 0 Å². The highest BCUT2D eigenvalue weighted by Gasteiger charge is 2.21. The van der Waals surface area contributed by atoms with Gasteiger partial charge in [0.25, 0.3) is 0 Å². The van der Waals surface area contributed by atoms with Crippen LogP contribution in [0.5, 0.6) is 0 Å². The number of aromatic nitrogens is 2. The molecule has 3 rings (SSSR count). The predicted octanol–water partition coefficient (Wildman–Crippen LogP) is 0.791. The number of imidazole rings is 1. The first-order valence-electron chi connectivity index (χ1n) is 5.71. The number of hydrogen-bond acceptors (Lipinski definition) is 3. The van der Waals surface area contributed by atoms with Gasteiger partial charge in [-0.25, -0.2) is 4.79 Å². The van der Waals surface area contributed by atoms with E-state index in [0.29, 0.717) is 23.7 Å². The van der Waals surface area contributed by atoms with Crippen molar-refractivity contribution in [1.82, 2.24) is 15.3 Å². The number of benzene rings is 1. The van der Waals surface area contributed by atoms with Crippen molar-refractivity contribution < 1.29 is 4.79 Å². The van der Waals surface area contributed by atoms with Crippen LogP contribution in [0.1, 0.15) is 23.2 Å². The van der Waals surface area contributed by atoms with E-state index in [1.54, 1.807) is 18.2 Å². The van der Waals surface area contributed by atoms with Crippen molar-refractivity contribution in [2.24, 2.45) is 0 Å². The summed E-state index contributed by atoms with van der Waals surface area (Å²) in [6.07, 6.45) is 2.33. The fourth-order valence-electron chi connectivity index (χ4n) is 1.83. The molecule has 0 amide bonds. The molecule has 17 heavy (non-hydrogen) atoms. The summed E-state index contributed by atoms with van der Waals surface area (Å²) in [6.45, 7) is 0.366. The maximum absolute atomic E-state index is 11.9. The van der Waals surface area contributed by atoms with Crippen LogP contribution in [-0.4, -0.2) is 28.3 Å². The minimum Gasteiger partial charge on any atom is -0.307 e. The van der Waals surface area contributed by atoms with Gasteiger partial charge in [-0.1, -0.05) is 0 Å². The number of hydrogen-bond donors (Lipinski definition) is 3. The van der Waals surface area contributed by atoms with Crippen LogP contribution in [0.15, 0.2) is 23.0 Å². The summed E-state index contributed by atoms with van der Waals surface area (Å²) in [7, 11) is 0. The lowest BCUT2D eigenvalue weighted by Crippen LogP contribution is -2.24. The first kappa shape index (κ1) is 10.3. The van der Waals surface area contributed by atoms with Crippen LogP contribution in [-0.2, 0) is 0 Å². The van der Waals surface area contributed by atoms with Crippen molar-refractivity contribution in [3.8, 4) is 0 Å². The SMILES string of the molecule is O=C(CNC1CC1)c1ccc2[nH]c(=O)[nH]c2c1. The number of fused-ring (bicyclic) bond motifs is 1. The Morgan fingerprint density at radius 3 is 2.82 bits per heavy atom. The number of aromatic amines is 2. The lowest BCUT2D eigenvalue weighted by Gasteiger charge is -2.02. The zero-order valence-electron chi connectivity index (χ0n) is 9.25. The molecule has 1 fully saturated rings. The molecule has 1 aromatic heterocycles. The van der Waals surface area contributed by atoms with Gasteiger partial charge in [-0.05, 0) is 31.0 Å². The fourth-order valence-corrected chi connectivity index (χ4v) is 1.83. The Morgan fingerprint density at radius 2 is 2.06 bits per heavy atom. The van der Waals surface area contributed by atoms with Crippen LogP contribution in [0.4, 0.5) is 0 Å². The second-order valence-corrected chi connectivity index (χ2v) is 4.42. The van der Waals surface area contributed by atoms with E-state index in [1.807, 2.05) is 0 Å². The van der Waals surface area contributed by atoms with Gasteiger partial charge < -0.3 is 15.3 Å². The molecule has 1 aromatic carbocycles. The van der Waals surface area contributed by atoms with E-state index in [1.165, 1.54) is 0 Å². The van der Waals surface area contributed by atoms with Crippen molar-refractivity contribution in [3.05, 3.63) is 34.2 Å². The second kappa shape index (κ2) is 3.85. The van der Waals surface area contributed by atoms with E-state index < -0.39 is 0 Å². The third kappa shape index (κ3) is 2.14. The molecular formula is C12H13N3O2. The molecular weight excluding hydrogens is 218 g/mol. The van der Waals surface area contributed by atoms with Crippen molar-refractivity contribution in [3.63, 3.8) is 0 Å². The van der Waals surface area contributed by atoms with E-state index >= 15 is 0 Å². The fraction of sp³-hybridized carbons (Fsp3) is 0.333. The van der Waals surface area contributed by atoms with Crippen LogP contribution >= 0.6 is 0 Å². The Kier molecular flexibility index (Phi) is 2.33. The molecule has 3 N–H and O–H groups in total. The van der Waals surface area contributed by atoms with Gasteiger partial charge in [0.1, 0.15) is 0 Å². The third-order valence-corrected chi connectivity index (χ3v) is 2.97. The lowest BCUT2D eigenvalue weighted by molar-refractivity contribution is 0.0990. The minimum atomic E-state index is -0.249. The van der Waals surface area contributed by atoms with Crippen molar-refractivity contribution in [2.45, 2.75) is 18.9 Å². The molecule has 1 aliphatic carbocycles. The third-order valence-electron chi connectivity index (χ3n) is 2.97. The molecule has 5 heteroatoms. The molecule has 0 atom stereocenters. The molecule has 88 valence electrons. The summed E-state index contributed by atoms with van der Waals surface area (Å²) in [5.74, 6) is 0.0563. The topological polar surface area (TPSA) is 77.8 Å². The lowest BCUT2D eigenvalue weighted by atomic mass is 10.1. The average Bonchev–Trinajstić information content (AvgIpc) is 3.06. The highest BCUT2D eigenvalue weighted by Crippen LogP contribution is 2.18. The highest BCUT2D eigenvalue weighted by molar-refractivity contribution is 6.00. The smallest absolute Gasteiger partial charge is 0.307 e. The molecule has 0 saturated heterocycles. The largest absolute Gasteiger partial charge is 0.323 e. The maximum atomic E-state index is 11.9. The zero-order valence-corrected chi connectivity index (χ0v) is 9.25. The highest BCUT2D eigenvalue weighted by atomic mass is 16.1. The van der Waals surface area contributed by atoms with E-state index in [4.69, 9.17) is 0 Å². The van der Waals surface area contributed by atoms with Crippen LogP contribution in [0, 0.1) is 0 Å². The minimum absolute atomic E-state index is 0.0563. The molecule has 0 radical (unpaired) electrons. The standard InChI is InChI=1S/C12H13N3O2/c16-11(6-13-8-2-3-8)7-1-4-9-10(5-7)15-12(17)14-9/h1,4-5,8,13H,2-3,6H2,(H2,14,15,17). The summed E-state index contributed by atoms with van der Waals surface area (Å²) < 4.78 is 0. The summed E-state index contributed by atoms with van der Waals surface area (Å²) in [5, 5.41) is 3.18. The summed E-state index contributed by atoms with van der Waals surface area (Å²) >= 11 is 0. The van der Waals surface area contributed by atoms with E-state index in [0.717, 1.165) is 18.4 Å². The summed E-state index contributed by atoms with van der Waals surface area (Å²) in [6, 6.07) is 5.72. The van der Waals surface area contributed by atoms with Gasteiger partial charge in [-0.2, -0.15) is 0 Å². The molecule has 1 saturated carbocycles. The van der Waals surface area contributed by atoms with Gasteiger partial charge in [-0.15, -0.1) is 0 Å². The zero-order chi connectivity index (χ0) is 11.8. The monoisotopic (exact) mass is 231 g/mol. The number of Topliss-reactive ketones (excluding diaryl/α,β-unsaturated/α-hetero) is 1. The molecule has 5 nitrogen and oxygen atoms in total. The number of carbonyl (C=O) groups excluding carboxylic acids is 1. The second-order valence-electron chi connectivity index (χ2n) is 4.42. The quantitative estimate of drug-likeness (QED) is 0.681. The molecule has 0 spiro atoms. The number of rotatable bonds is 4. The maximum Gasteiger partial charge on any atom is 0.323 e. The van der Waals surface area contributed by atoms with Gasteiger partial charge in [0, 0.05) is 11.6 Å². The number of ketones is 1. The van der Waals surface area contributed by atoms with Gasteiger partial charge in [-0.3, -0.25) is 4.79 Å². The Bertz CT molecular complexity index is 622. The number of carbonyl (C=O) groups is 1. The molecule has 1 aliphatic rings.